The lowest BCUT2D eigenvalue weighted by Crippen LogP contribution is -2.22. The standard InChI is InChI=1S/C19H17ClN4O4S/c1-28-15-6-4-11(20)9-14(15)23-16(25)7-5-12-10-29-19(22-12)24-18(27)13-3-2-8-21-17(13)26/h2-4,6,8-10H,5,7H2,1H3,(H,21,26)(H,23,25)(H,22,24,27). The van der Waals surface area contributed by atoms with Gasteiger partial charge in [-0.1, -0.05) is 11.6 Å². The second kappa shape index (κ2) is 9.35. The first kappa shape index (κ1) is 20.6. The molecule has 0 atom stereocenters. The van der Waals surface area contributed by atoms with E-state index in [1.807, 2.05) is 0 Å². The first-order valence-corrected chi connectivity index (χ1v) is 9.79. The van der Waals surface area contributed by atoms with Crippen LogP contribution in [0.15, 0.2) is 46.7 Å². The number of aryl methyl sites for hydroxylation is 1. The smallest absolute Gasteiger partial charge is 0.263 e. The summed E-state index contributed by atoms with van der Waals surface area (Å²) in [6.45, 7) is 0. The van der Waals surface area contributed by atoms with Gasteiger partial charge in [-0.3, -0.25) is 19.7 Å². The molecule has 3 N–H and O–H groups in total. The topological polar surface area (TPSA) is 113 Å². The van der Waals surface area contributed by atoms with Crippen LogP contribution < -0.4 is 20.9 Å². The molecule has 0 radical (unpaired) electrons. The molecule has 10 heteroatoms. The van der Waals surface area contributed by atoms with E-state index in [9.17, 15) is 14.4 Å². The maximum atomic E-state index is 12.2. The van der Waals surface area contributed by atoms with Gasteiger partial charge in [0.25, 0.3) is 11.5 Å². The number of hydrogen-bond donors (Lipinski definition) is 3. The minimum atomic E-state index is -0.543. The Morgan fingerprint density at radius 1 is 1.28 bits per heavy atom. The molecule has 2 aromatic heterocycles. The van der Waals surface area contributed by atoms with E-state index >= 15 is 0 Å². The Bertz CT molecular complexity index is 1100. The third-order valence-electron chi connectivity index (χ3n) is 3.88. The van der Waals surface area contributed by atoms with Crippen molar-refractivity contribution in [1.29, 1.82) is 0 Å². The van der Waals surface area contributed by atoms with E-state index in [1.165, 1.54) is 30.7 Å². The summed E-state index contributed by atoms with van der Waals surface area (Å²) in [5.41, 5.74) is 0.666. The van der Waals surface area contributed by atoms with Gasteiger partial charge in [-0.2, -0.15) is 0 Å². The summed E-state index contributed by atoms with van der Waals surface area (Å²) in [4.78, 5) is 42.8. The summed E-state index contributed by atoms with van der Waals surface area (Å²) in [7, 11) is 1.51. The lowest BCUT2D eigenvalue weighted by atomic mass is 10.2. The number of rotatable bonds is 7. The summed E-state index contributed by atoms with van der Waals surface area (Å²) in [5, 5.41) is 7.93. The molecule has 150 valence electrons. The quantitative estimate of drug-likeness (QED) is 0.530. The molecule has 0 spiro atoms. The third-order valence-corrected chi connectivity index (χ3v) is 4.92. The molecule has 1 aromatic carbocycles. The fourth-order valence-electron chi connectivity index (χ4n) is 2.48. The van der Waals surface area contributed by atoms with Gasteiger partial charge in [0.1, 0.15) is 11.3 Å². The minimum absolute atomic E-state index is 0.000836. The lowest BCUT2D eigenvalue weighted by molar-refractivity contribution is -0.116. The number of pyridine rings is 1. The molecule has 29 heavy (non-hydrogen) atoms. The Hall–Kier alpha value is -3.17. The molecule has 0 aliphatic carbocycles. The van der Waals surface area contributed by atoms with Crippen molar-refractivity contribution in [3.05, 3.63) is 68.5 Å². The van der Waals surface area contributed by atoms with Crippen molar-refractivity contribution in [2.24, 2.45) is 0 Å². The molecule has 2 heterocycles. The van der Waals surface area contributed by atoms with Crippen molar-refractivity contribution < 1.29 is 14.3 Å². The van der Waals surface area contributed by atoms with Gasteiger partial charge in [-0.05, 0) is 36.8 Å². The number of carbonyl (C=O) groups excluding carboxylic acids is 2. The summed E-state index contributed by atoms with van der Waals surface area (Å²) >= 11 is 7.17. The molecule has 8 nitrogen and oxygen atoms in total. The monoisotopic (exact) mass is 432 g/mol. The summed E-state index contributed by atoms with van der Waals surface area (Å²) in [6.07, 6.45) is 2.02. The number of halogens is 1. The predicted octanol–water partition coefficient (Wildman–Crippen LogP) is 3.32. The minimum Gasteiger partial charge on any atom is -0.495 e. The van der Waals surface area contributed by atoms with E-state index in [0.717, 1.165) is 0 Å². The van der Waals surface area contributed by atoms with Crippen LogP contribution in [0.2, 0.25) is 5.02 Å². The number of amides is 2. The molecular formula is C19H17ClN4O4S. The highest BCUT2D eigenvalue weighted by molar-refractivity contribution is 7.14. The molecule has 0 unspecified atom stereocenters. The van der Waals surface area contributed by atoms with Crippen molar-refractivity contribution in [1.82, 2.24) is 9.97 Å². The SMILES string of the molecule is COc1ccc(Cl)cc1NC(=O)CCc1csc(NC(=O)c2ccc[nH]c2=O)n1. The first-order valence-electron chi connectivity index (χ1n) is 8.53. The van der Waals surface area contributed by atoms with Crippen molar-refractivity contribution in [2.45, 2.75) is 12.8 Å². The van der Waals surface area contributed by atoms with Crippen LogP contribution in [0.5, 0.6) is 5.75 Å². The number of benzene rings is 1. The number of ether oxygens (including phenoxy) is 1. The van der Waals surface area contributed by atoms with Gasteiger partial charge in [0.15, 0.2) is 5.13 Å². The van der Waals surface area contributed by atoms with Crippen molar-refractivity contribution in [3.63, 3.8) is 0 Å². The zero-order chi connectivity index (χ0) is 20.8. The fourth-order valence-corrected chi connectivity index (χ4v) is 3.39. The first-order chi connectivity index (χ1) is 14.0. The van der Waals surface area contributed by atoms with E-state index in [-0.39, 0.29) is 17.9 Å². The summed E-state index contributed by atoms with van der Waals surface area (Å²) < 4.78 is 5.20. The molecule has 0 fully saturated rings. The Labute approximate surface area is 174 Å². The largest absolute Gasteiger partial charge is 0.495 e. The molecule has 0 bridgehead atoms. The number of hydrogen-bond acceptors (Lipinski definition) is 6. The predicted molar refractivity (Wildman–Crippen MR) is 112 cm³/mol. The average Bonchev–Trinajstić information content (AvgIpc) is 3.14. The van der Waals surface area contributed by atoms with Crippen LogP contribution in [-0.2, 0) is 11.2 Å². The number of nitrogens with one attached hydrogen (secondary N) is 3. The van der Waals surface area contributed by atoms with Gasteiger partial charge in [0.2, 0.25) is 5.91 Å². The van der Waals surface area contributed by atoms with E-state index in [1.54, 1.807) is 29.6 Å². The molecule has 0 saturated carbocycles. The number of methoxy groups -OCH3 is 1. The van der Waals surface area contributed by atoms with Crippen LogP contribution in [0.25, 0.3) is 0 Å². The van der Waals surface area contributed by atoms with Crippen LogP contribution >= 0.6 is 22.9 Å². The normalized spacial score (nSPS) is 10.4. The van der Waals surface area contributed by atoms with E-state index in [2.05, 4.69) is 20.6 Å². The van der Waals surface area contributed by atoms with E-state index in [4.69, 9.17) is 16.3 Å². The van der Waals surface area contributed by atoms with Crippen molar-refractivity contribution >= 4 is 45.6 Å². The molecule has 0 aliphatic rings. The maximum Gasteiger partial charge on any atom is 0.263 e. The number of nitrogens with zero attached hydrogens (tertiary/aromatic N) is 1. The maximum absolute atomic E-state index is 12.2. The van der Waals surface area contributed by atoms with E-state index < -0.39 is 11.5 Å². The van der Waals surface area contributed by atoms with Gasteiger partial charge in [0.05, 0.1) is 18.5 Å². The number of anilines is 2. The average molecular weight is 433 g/mol. The fraction of sp³-hybridized carbons (Fsp3) is 0.158. The Morgan fingerprint density at radius 3 is 2.86 bits per heavy atom. The number of aromatic nitrogens is 2. The zero-order valence-corrected chi connectivity index (χ0v) is 16.9. The molecular weight excluding hydrogens is 416 g/mol. The number of aromatic amines is 1. The molecule has 3 rings (SSSR count). The number of carbonyl (C=O) groups is 2. The summed E-state index contributed by atoms with van der Waals surface area (Å²) in [6, 6.07) is 7.95. The highest BCUT2D eigenvalue weighted by Crippen LogP contribution is 2.28. The van der Waals surface area contributed by atoms with Crippen LogP contribution in [0.1, 0.15) is 22.5 Å². The van der Waals surface area contributed by atoms with Crippen LogP contribution in [-0.4, -0.2) is 28.9 Å². The lowest BCUT2D eigenvalue weighted by Gasteiger charge is -2.10. The molecule has 2 amide bonds. The number of H-pyrrole nitrogens is 1. The van der Waals surface area contributed by atoms with Gasteiger partial charge >= 0.3 is 0 Å². The van der Waals surface area contributed by atoms with Crippen molar-refractivity contribution in [2.75, 3.05) is 17.7 Å². The molecule has 3 aromatic rings. The zero-order valence-electron chi connectivity index (χ0n) is 15.3. The van der Waals surface area contributed by atoms with Crippen LogP contribution in [0.4, 0.5) is 10.8 Å². The molecule has 0 aliphatic heterocycles. The van der Waals surface area contributed by atoms with Gasteiger partial charge < -0.3 is 15.0 Å². The Kier molecular flexibility index (Phi) is 6.63. The Morgan fingerprint density at radius 2 is 2.10 bits per heavy atom. The Balaban J connectivity index is 1.56. The highest BCUT2D eigenvalue weighted by atomic mass is 35.5. The molecule has 0 saturated heterocycles. The van der Waals surface area contributed by atoms with E-state index in [0.29, 0.717) is 33.7 Å². The highest BCUT2D eigenvalue weighted by Gasteiger charge is 2.13. The van der Waals surface area contributed by atoms with Gasteiger partial charge in [-0.15, -0.1) is 11.3 Å². The van der Waals surface area contributed by atoms with Crippen LogP contribution in [0.3, 0.4) is 0 Å². The van der Waals surface area contributed by atoms with Gasteiger partial charge in [-0.25, -0.2) is 4.98 Å². The van der Waals surface area contributed by atoms with Crippen molar-refractivity contribution in [3.8, 4) is 5.75 Å². The number of thiazole rings is 1. The van der Waals surface area contributed by atoms with Crippen LogP contribution in [0, 0.1) is 0 Å². The van der Waals surface area contributed by atoms with Gasteiger partial charge in [0, 0.05) is 23.0 Å². The second-order valence-electron chi connectivity index (χ2n) is 5.90. The summed E-state index contributed by atoms with van der Waals surface area (Å²) in [5.74, 6) is -0.254. The second-order valence-corrected chi connectivity index (χ2v) is 7.20. The third kappa shape index (κ3) is 5.43.